The van der Waals surface area contributed by atoms with Crippen LogP contribution in [0.25, 0.3) is 33.5 Å². The van der Waals surface area contributed by atoms with Crippen molar-refractivity contribution in [2.45, 2.75) is 20.4 Å². The van der Waals surface area contributed by atoms with Crippen LogP contribution in [0, 0.1) is 0 Å². The van der Waals surface area contributed by atoms with Crippen LogP contribution in [0.3, 0.4) is 0 Å². The van der Waals surface area contributed by atoms with Crippen molar-refractivity contribution in [2.75, 3.05) is 19.6 Å². The number of nitrogens with one attached hydrogen (secondary N) is 1. The SMILES string of the molecule is CC[NH+](CC)CCn1nc(-c2ccccc2)c(-c2ccccc2)c(-c2ccccc2)c1=O. The molecule has 1 heterocycles. The number of quaternary nitrogens is 1. The van der Waals surface area contributed by atoms with Crippen LogP contribution >= 0.6 is 0 Å². The molecule has 0 aliphatic heterocycles. The second kappa shape index (κ2) is 10.2. The van der Waals surface area contributed by atoms with Crippen molar-refractivity contribution in [1.82, 2.24) is 9.78 Å². The molecule has 0 amide bonds. The molecule has 1 N–H and O–H groups in total. The number of rotatable bonds is 8. The first-order chi connectivity index (χ1) is 15.7. The molecule has 0 saturated carbocycles. The van der Waals surface area contributed by atoms with Crippen LogP contribution in [-0.4, -0.2) is 29.4 Å². The van der Waals surface area contributed by atoms with Crippen molar-refractivity contribution < 1.29 is 4.90 Å². The second-order valence-electron chi connectivity index (χ2n) is 7.93. The highest BCUT2D eigenvalue weighted by Gasteiger charge is 2.21. The van der Waals surface area contributed by atoms with Crippen molar-refractivity contribution in [3.05, 3.63) is 101 Å². The molecule has 0 radical (unpaired) electrons. The molecule has 4 nitrogen and oxygen atoms in total. The smallest absolute Gasteiger partial charge is 0.275 e. The zero-order chi connectivity index (χ0) is 22.3. The van der Waals surface area contributed by atoms with E-state index in [1.54, 1.807) is 4.68 Å². The van der Waals surface area contributed by atoms with E-state index in [4.69, 9.17) is 5.10 Å². The molecule has 4 heteroatoms. The van der Waals surface area contributed by atoms with E-state index in [0.29, 0.717) is 12.1 Å². The first-order valence-electron chi connectivity index (χ1n) is 11.4. The molecule has 0 atom stereocenters. The first-order valence-corrected chi connectivity index (χ1v) is 11.4. The summed E-state index contributed by atoms with van der Waals surface area (Å²) in [5.74, 6) is 0. The van der Waals surface area contributed by atoms with Crippen LogP contribution in [0.5, 0.6) is 0 Å². The molecule has 1 aromatic heterocycles. The van der Waals surface area contributed by atoms with Gasteiger partial charge in [0.2, 0.25) is 0 Å². The zero-order valence-corrected chi connectivity index (χ0v) is 18.8. The molecular weight excluding hydrogens is 394 g/mol. The summed E-state index contributed by atoms with van der Waals surface area (Å²) in [6, 6.07) is 30.3. The molecule has 32 heavy (non-hydrogen) atoms. The Hall–Kier alpha value is -3.50. The summed E-state index contributed by atoms with van der Waals surface area (Å²) < 4.78 is 1.67. The normalized spacial score (nSPS) is 11.1. The molecule has 0 bridgehead atoms. The molecule has 0 spiro atoms. The quantitative estimate of drug-likeness (QED) is 0.461. The lowest BCUT2D eigenvalue weighted by atomic mass is 9.92. The minimum atomic E-state index is -0.0405. The first kappa shape index (κ1) is 21.7. The largest absolute Gasteiger partial charge is 0.334 e. The zero-order valence-electron chi connectivity index (χ0n) is 18.8. The Balaban J connectivity index is 2.01. The van der Waals surface area contributed by atoms with Gasteiger partial charge in [0, 0.05) is 11.1 Å². The Morgan fingerprint density at radius 2 is 1.16 bits per heavy atom. The lowest BCUT2D eigenvalue weighted by molar-refractivity contribution is -0.897. The maximum absolute atomic E-state index is 13.8. The van der Waals surface area contributed by atoms with Crippen molar-refractivity contribution in [2.24, 2.45) is 0 Å². The van der Waals surface area contributed by atoms with E-state index in [0.717, 1.165) is 47.6 Å². The van der Waals surface area contributed by atoms with E-state index < -0.39 is 0 Å². The molecule has 4 aromatic rings. The molecule has 0 unspecified atom stereocenters. The highest BCUT2D eigenvalue weighted by atomic mass is 16.1. The highest BCUT2D eigenvalue weighted by molar-refractivity contribution is 5.92. The van der Waals surface area contributed by atoms with Crippen LogP contribution in [0.4, 0.5) is 0 Å². The maximum atomic E-state index is 13.8. The van der Waals surface area contributed by atoms with E-state index in [9.17, 15) is 4.79 Å². The van der Waals surface area contributed by atoms with Gasteiger partial charge in [0.05, 0.1) is 37.4 Å². The van der Waals surface area contributed by atoms with Crippen LogP contribution in [0.1, 0.15) is 13.8 Å². The summed E-state index contributed by atoms with van der Waals surface area (Å²) >= 11 is 0. The molecular formula is C28H30N3O+. The highest BCUT2D eigenvalue weighted by Crippen LogP contribution is 2.36. The minimum Gasteiger partial charge on any atom is -0.334 e. The standard InChI is InChI=1S/C28H29N3O/c1-3-30(4-2)20-21-31-28(32)26(23-16-10-6-11-17-23)25(22-14-8-5-9-15-22)27(29-31)24-18-12-7-13-19-24/h5-19H,3-4,20-21H2,1-2H3/p+1. The van der Waals surface area contributed by atoms with Crippen molar-refractivity contribution in [3.8, 4) is 33.5 Å². The third-order valence-electron chi connectivity index (χ3n) is 6.01. The topological polar surface area (TPSA) is 39.3 Å². The van der Waals surface area contributed by atoms with E-state index in [-0.39, 0.29) is 5.56 Å². The Kier molecular flexibility index (Phi) is 6.93. The predicted octanol–water partition coefficient (Wildman–Crippen LogP) is 4.17. The van der Waals surface area contributed by atoms with Crippen LogP contribution in [-0.2, 0) is 6.54 Å². The van der Waals surface area contributed by atoms with Gasteiger partial charge >= 0.3 is 0 Å². The van der Waals surface area contributed by atoms with Crippen LogP contribution < -0.4 is 10.5 Å². The predicted molar refractivity (Wildman–Crippen MR) is 132 cm³/mol. The fourth-order valence-electron chi connectivity index (χ4n) is 4.15. The van der Waals surface area contributed by atoms with Crippen LogP contribution in [0.15, 0.2) is 95.8 Å². The molecule has 4 rings (SSSR count). The number of hydrogen-bond donors (Lipinski definition) is 1. The van der Waals surface area contributed by atoms with Crippen LogP contribution in [0.2, 0.25) is 0 Å². The Morgan fingerprint density at radius 1 is 0.688 bits per heavy atom. The fourth-order valence-corrected chi connectivity index (χ4v) is 4.15. The van der Waals surface area contributed by atoms with Crippen molar-refractivity contribution >= 4 is 0 Å². The fraction of sp³-hybridized carbons (Fsp3) is 0.214. The molecule has 0 aliphatic rings. The van der Waals surface area contributed by atoms with E-state index in [1.807, 2.05) is 66.7 Å². The Bertz CT molecular complexity index is 1200. The van der Waals surface area contributed by atoms with E-state index in [2.05, 4.69) is 38.1 Å². The van der Waals surface area contributed by atoms with Crippen molar-refractivity contribution in [3.63, 3.8) is 0 Å². The van der Waals surface area contributed by atoms with Gasteiger partial charge in [0.25, 0.3) is 5.56 Å². The molecule has 0 saturated heterocycles. The van der Waals surface area contributed by atoms with E-state index >= 15 is 0 Å². The van der Waals surface area contributed by atoms with Gasteiger partial charge in [-0.2, -0.15) is 5.10 Å². The van der Waals surface area contributed by atoms with E-state index in [1.165, 1.54) is 4.90 Å². The Morgan fingerprint density at radius 3 is 1.66 bits per heavy atom. The average Bonchev–Trinajstić information content (AvgIpc) is 2.86. The summed E-state index contributed by atoms with van der Waals surface area (Å²) in [6.45, 7) is 7.88. The van der Waals surface area contributed by atoms with Gasteiger partial charge in [-0.15, -0.1) is 0 Å². The number of likely N-dealkylation sites (N-methyl/N-ethyl adjacent to an activating group) is 1. The summed E-state index contributed by atoms with van der Waals surface area (Å²) in [5.41, 5.74) is 5.31. The summed E-state index contributed by atoms with van der Waals surface area (Å²) in [4.78, 5) is 15.3. The molecule has 3 aromatic carbocycles. The summed E-state index contributed by atoms with van der Waals surface area (Å²) in [5, 5.41) is 4.94. The van der Waals surface area contributed by atoms with Gasteiger partial charge in [-0.25, -0.2) is 4.68 Å². The number of aromatic nitrogens is 2. The molecule has 162 valence electrons. The van der Waals surface area contributed by atoms with Crippen molar-refractivity contribution in [1.29, 1.82) is 0 Å². The second-order valence-corrected chi connectivity index (χ2v) is 7.93. The lowest BCUT2D eigenvalue weighted by Gasteiger charge is -2.19. The summed E-state index contributed by atoms with van der Waals surface area (Å²) in [7, 11) is 0. The minimum absolute atomic E-state index is 0.0405. The monoisotopic (exact) mass is 424 g/mol. The lowest BCUT2D eigenvalue weighted by Crippen LogP contribution is -3.11. The van der Waals surface area contributed by atoms with Gasteiger partial charge in [0.1, 0.15) is 0 Å². The molecule has 0 fully saturated rings. The third kappa shape index (κ3) is 4.56. The van der Waals surface area contributed by atoms with Gasteiger partial charge in [-0.1, -0.05) is 91.0 Å². The third-order valence-corrected chi connectivity index (χ3v) is 6.01. The average molecular weight is 425 g/mol. The maximum Gasteiger partial charge on any atom is 0.275 e. The molecule has 0 aliphatic carbocycles. The van der Waals surface area contributed by atoms with Gasteiger partial charge < -0.3 is 4.90 Å². The number of nitrogens with zero attached hydrogens (tertiary/aromatic N) is 2. The number of hydrogen-bond acceptors (Lipinski definition) is 2. The van der Waals surface area contributed by atoms with Gasteiger partial charge in [-0.05, 0) is 25.0 Å². The Labute approximate surface area is 189 Å². The van der Waals surface area contributed by atoms with Gasteiger partial charge in [-0.3, -0.25) is 4.79 Å². The summed E-state index contributed by atoms with van der Waals surface area (Å²) in [6.07, 6.45) is 0. The van der Waals surface area contributed by atoms with Gasteiger partial charge in [0.15, 0.2) is 0 Å². The number of benzene rings is 3.